The lowest BCUT2D eigenvalue weighted by Gasteiger charge is -2.25. The number of methoxy groups -OCH3 is 1. The topological polar surface area (TPSA) is 87.1 Å². The van der Waals surface area contributed by atoms with Gasteiger partial charge in [-0.3, -0.25) is 14.5 Å². The van der Waals surface area contributed by atoms with Gasteiger partial charge in [0.15, 0.2) is 0 Å². The largest absolute Gasteiger partial charge is 0.508 e. The van der Waals surface area contributed by atoms with Crippen molar-refractivity contribution < 1.29 is 24.5 Å². The lowest BCUT2D eigenvalue weighted by molar-refractivity contribution is -0.132. The predicted molar refractivity (Wildman–Crippen MR) is 122 cm³/mol. The molecule has 162 valence electrons. The predicted octanol–water partition coefficient (Wildman–Crippen LogP) is 4.99. The molecule has 1 aliphatic rings. The quantitative estimate of drug-likeness (QED) is 0.333. The second kappa shape index (κ2) is 8.40. The molecule has 1 fully saturated rings. The standard InChI is InChI=1S/C25H20ClNO5/c1-14-4-3-5-17(12-14)27-22(15-6-9-18(28)10-7-15)21(24(30)25(27)31)23(29)16-8-11-20(32-2)19(26)13-16/h3-13,22,28-29H,1-2H3/b23-21-. The van der Waals surface area contributed by atoms with Gasteiger partial charge < -0.3 is 14.9 Å². The first-order valence-corrected chi connectivity index (χ1v) is 10.2. The first kappa shape index (κ1) is 21.5. The number of phenols is 1. The Labute approximate surface area is 189 Å². The summed E-state index contributed by atoms with van der Waals surface area (Å²) in [4.78, 5) is 27.6. The number of ketones is 1. The number of benzene rings is 3. The van der Waals surface area contributed by atoms with E-state index in [1.807, 2.05) is 13.0 Å². The van der Waals surface area contributed by atoms with Gasteiger partial charge in [-0.15, -0.1) is 0 Å². The number of aliphatic hydroxyl groups is 1. The van der Waals surface area contributed by atoms with Gasteiger partial charge in [-0.25, -0.2) is 0 Å². The third-order valence-corrected chi connectivity index (χ3v) is 5.65. The molecule has 3 aromatic carbocycles. The molecule has 0 spiro atoms. The van der Waals surface area contributed by atoms with Gasteiger partial charge in [0.1, 0.15) is 17.3 Å². The second-order valence-corrected chi connectivity index (χ2v) is 7.86. The smallest absolute Gasteiger partial charge is 0.300 e. The lowest BCUT2D eigenvalue weighted by atomic mass is 9.95. The maximum Gasteiger partial charge on any atom is 0.300 e. The highest BCUT2D eigenvalue weighted by Gasteiger charge is 2.47. The number of aromatic hydroxyl groups is 1. The number of ether oxygens (including phenoxy) is 1. The van der Waals surface area contributed by atoms with Gasteiger partial charge in [-0.05, 0) is 60.5 Å². The Kier molecular flexibility index (Phi) is 5.63. The minimum atomic E-state index is -0.890. The molecule has 1 amide bonds. The molecule has 0 bridgehead atoms. The van der Waals surface area contributed by atoms with E-state index in [0.717, 1.165) is 5.56 Å². The van der Waals surface area contributed by atoms with Crippen LogP contribution in [0.1, 0.15) is 22.7 Å². The molecule has 0 radical (unpaired) electrons. The lowest BCUT2D eigenvalue weighted by Crippen LogP contribution is -2.29. The number of anilines is 1. The van der Waals surface area contributed by atoms with Gasteiger partial charge in [0, 0.05) is 11.3 Å². The van der Waals surface area contributed by atoms with E-state index in [0.29, 0.717) is 17.0 Å². The van der Waals surface area contributed by atoms with E-state index < -0.39 is 17.7 Å². The summed E-state index contributed by atoms with van der Waals surface area (Å²) >= 11 is 6.21. The molecule has 1 unspecified atom stereocenters. The number of rotatable bonds is 4. The summed E-state index contributed by atoms with van der Waals surface area (Å²) in [5.41, 5.74) is 2.21. The van der Waals surface area contributed by atoms with Crippen LogP contribution < -0.4 is 9.64 Å². The maximum atomic E-state index is 13.1. The summed E-state index contributed by atoms with van der Waals surface area (Å²) in [6.07, 6.45) is 0. The van der Waals surface area contributed by atoms with Crippen molar-refractivity contribution in [2.45, 2.75) is 13.0 Å². The third kappa shape index (κ3) is 3.69. The molecule has 4 rings (SSSR count). The fraction of sp³-hybridized carbons (Fsp3) is 0.120. The first-order valence-electron chi connectivity index (χ1n) is 9.82. The summed E-state index contributed by atoms with van der Waals surface area (Å²) in [5, 5.41) is 21.1. The van der Waals surface area contributed by atoms with Crippen LogP contribution in [0.4, 0.5) is 5.69 Å². The number of aryl methyl sites for hydroxylation is 1. The van der Waals surface area contributed by atoms with E-state index in [-0.39, 0.29) is 27.7 Å². The van der Waals surface area contributed by atoms with E-state index in [4.69, 9.17) is 16.3 Å². The van der Waals surface area contributed by atoms with Crippen molar-refractivity contribution in [3.63, 3.8) is 0 Å². The molecule has 1 atom stereocenters. The Morgan fingerprint density at radius 2 is 1.75 bits per heavy atom. The van der Waals surface area contributed by atoms with Crippen molar-refractivity contribution in [1.82, 2.24) is 0 Å². The Morgan fingerprint density at radius 3 is 2.38 bits per heavy atom. The molecule has 6 nitrogen and oxygen atoms in total. The van der Waals surface area contributed by atoms with Crippen molar-refractivity contribution in [2.75, 3.05) is 12.0 Å². The van der Waals surface area contributed by atoms with Crippen LogP contribution in [0.25, 0.3) is 5.76 Å². The minimum Gasteiger partial charge on any atom is -0.508 e. The average Bonchev–Trinajstić information content (AvgIpc) is 3.04. The van der Waals surface area contributed by atoms with Gasteiger partial charge >= 0.3 is 0 Å². The van der Waals surface area contributed by atoms with Crippen molar-refractivity contribution >= 4 is 34.7 Å². The number of carbonyl (C=O) groups excluding carboxylic acids is 2. The zero-order valence-electron chi connectivity index (χ0n) is 17.4. The number of amides is 1. The molecular weight excluding hydrogens is 430 g/mol. The van der Waals surface area contributed by atoms with Crippen molar-refractivity contribution in [3.8, 4) is 11.5 Å². The molecule has 1 heterocycles. The van der Waals surface area contributed by atoms with Crippen LogP contribution in [0, 0.1) is 6.92 Å². The number of nitrogens with zero attached hydrogens (tertiary/aromatic N) is 1. The highest BCUT2D eigenvalue weighted by atomic mass is 35.5. The number of hydrogen-bond donors (Lipinski definition) is 2. The van der Waals surface area contributed by atoms with E-state index in [9.17, 15) is 19.8 Å². The normalized spacial score (nSPS) is 17.6. The fourth-order valence-electron chi connectivity index (χ4n) is 3.82. The van der Waals surface area contributed by atoms with Gasteiger partial charge in [0.25, 0.3) is 11.7 Å². The van der Waals surface area contributed by atoms with Crippen LogP contribution in [-0.2, 0) is 9.59 Å². The van der Waals surface area contributed by atoms with Crippen LogP contribution in [0.15, 0.2) is 72.3 Å². The number of hydrogen-bond acceptors (Lipinski definition) is 5. The third-order valence-electron chi connectivity index (χ3n) is 5.36. The maximum absolute atomic E-state index is 13.1. The van der Waals surface area contributed by atoms with Gasteiger partial charge in [0.05, 0.1) is 23.7 Å². The molecule has 32 heavy (non-hydrogen) atoms. The number of halogens is 1. The number of phenolic OH excluding ortho intramolecular Hbond substituents is 1. The summed E-state index contributed by atoms with van der Waals surface area (Å²) in [5.74, 6) is -1.45. The minimum absolute atomic E-state index is 0.0446. The Hall–Kier alpha value is -3.77. The molecule has 1 aliphatic heterocycles. The Balaban J connectivity index is 1.94. The number of Topliss-reactive ketones (excluding diaryl/α,β-unsaturated/α-hetero) is 1. The molecule has 0 aliphatic carbocycles. The second-order valence-electron chi connectivity index (χ2n) is 7.45. The highest BCUT2D eigenvalue weighted by molar-refractivity contribution is 6.51. The Morgan fingerprint density at radius 1 is 1.03 bits per heavy atom. The highest BCUT2D eigenvalue weighted by Crippen LogP contribution is 2.43. The zero-order chi connectivity index (χ0) is 23.0. The summed E-state index contributed by atoms with van der Waals surface area (Å²) in [7, 11) is 1.47. The summed E-state index contributed by atoms with van der Waals surface area (Å²) in [6.45, 7) is 1.88. The SMILES string of the molecule is COc1ccc(/C(O)=C2/C(=O)C(=O)N(c3cccc(C)c3)C2c2ccc(O)cc2)cc1Cl. The summed E-state index contributed by atoms with van der Waals surface area (Å²) < 4.78 is 5.15. The van der Waals surface area contributed by atoms with Gasteiger partial charge in [0.2, 0.25) is 0 Å². The van der Waals surface area contributed by atoms with Crippen LogP contribution in [0.3, 0.4) is 0 Å². The zero-order valence-corrected chi connectivity index (χ0v) is 18.1. The molecule has 7 heteroatoms. The van der Waals surface area contributed by atoms with Crippen molar-refractivity contribution in [2.24, 2.45) is 0 Å². The van der Waals surface area contributed by atoms with E-state index in [2.05, 4.69) is 0 Å². The van der Waals surface area contributed by atoms with Gasteiger partial charge in [-0.1, -0.05) is 35.9 Å². The summed E-state index contributed by atoms with van der Waals surface area (Å²) in [6, 6.07) is 17.1. The van der Waals surface area contributed by atoms with Crippen molar-refractivity contribution in [1.29, 1.82) is 0 Å². The Bertz CT molecular complexity index is 1250. The first-order chi connectivity index (χ1) is 15.3. The van der Waals surface area contributed by atoms with Crippen molar-refractivity contribution in [3.05, 3.63) is 94.0 Å². The molecule has 2 N–H and O–H groups in total. The number of carbonyl (C=O) groups is 2. The molecule has 3 aromatic rings. The van der Waals surface area contributed by atoms with Gasteiger partial charge in [-0.2, -0.15) is 0 Å². The van der Waals surface area contributed by atoms with Crippen LogP contribution >= 0.6 is 11.6 Å². The monoisotopic (exact) mass is 449 g/mol. The fourth-order valence-corrected chi connectivity index (χ4v) is 4.08. The van der Waals surface area contributed by atoms with E-state index in [1.165, 1.54) is 30.2 Å². The molecular formula is C25H20ClNO5. The molecule has 0 aromatic heterocycles. The van der Waals surface area contributed by atoms with Crippen LogP contribution in [0.5, 0.6) is 11.5 Å². The van der Waals surface area contributed by atoms with Crippen LogP contribution in [0.2, 0.25) is 5.02 Å². The van der Waals surface area contributed by atoms with Crippen LogP contribution in [-0.4, -0.2) is 29.0 Å². The molecule has 1 saturated heterocycles. The molecule has 0 saturated carbocycles. The number of aliphatic hydroxyl groups excluding tert-OH is 1. The van der Waals surface area contributed by atoms with E-state index in [1.54, 1.807) is 42.5 Å². The van der Waals surface area contributed by atoms with E-state index >= 15 is 0 Å². The average molecular weight is 450 g/mol.